The molecule has 2 aromatic rings. The minimum absolute atomic E-state index is 0.171. The molecule has 2 aromatic heterocycles. The Bertz CT molecular complexity index is 491. The summed E-state index contributed by atoms with van der Waals surface area (Å²) in [6, 6.07) is 0. The predicted molar refractivity (Wildman–Crippen MR) is 35.3 cm³/mol. The van der Waals surface area contributed by atoms with E-state index in [2.05, 4.69) is 19.4 Å². The third-order valence-corrected chi connectivity index (χ3v) is 1.25. The van der Waals surface area contributed by atoms with Crippen LogP contribution in [0.1, 0.15) is 0 Å². The Morgan fingerprint density at radius 2 is 2.27 bits per heavy atom. The number of rotatable bonds is 0. The average molecular weight is 153 g/mol. The van der Waals surface area contributed by atoms with E-state index in [1.165, 1.54) is 6.33 Å². The summed E-state index contributed by atoms with van der Waals surface area (Å²) in [4.78, 5) is 29.8. The van der Waals surface area contributed by atoms with Crippen molar-refractivity contribution >= 4 is 11.2 Å². The highest BCUT2D eigenvalue weighted by Gasteiger charge is 2.02. The van der Waals surface area contributed by atoms with Crippen molar-refractivity contribution in [3.8, 4) is 0 Å². The molecule has 11 heavy (non-hydrogen) atoms. The summed E-state index contributed by atoms with van der Waals surface area (Å²) in [7, 11) is 0. The van der Waals surface area contributed by atoms with Crippen molar-refractivity contribution in [2.24, 2.45) is 0 Å². The zero-order valence-corrected chi connectivity index (χ0v) is 5.25. The van der Waals surface area contributed by atoms with Gasteiger partial charge in [-0.05, 0) is 0 Å². The highest BCUT2D eigenvalue weighted by atomic mass is 16.4. The molecule has 0 aromatic carbocycles. The number of aromatic nitrogens is 3. The lowest BCUT2D eigenvalue weighted by Gasteiger charge is -1.81. The molecule has 6 nitrogen and oxygen atoms in total. The van der Waals surface area contributed by atoms with Crippen molar-refractivity contribution in [2.75, 3.05) is 0 Å². The van der Waals surface area contributed by atoms with Gasteiger partial charge in [0.15, 0.2) is 11.2 Å². The molecule has 2 rings (SSSR count). The van der Waals surface area contributed by atoms with Crippen molar-refractivity contribution < 1.29 is 4.42 Å². The third-order valence-electron chi connectivity index (χ3n) is 1.25. The zero-order valence-electron chi connectivity index (χ0n) is 5.25. The van der Waals surface area contributed by atoms with Gasteiger partial charge in [0, 0.05) is 0 Å². The Labute approximate surface area is 58.9 Å². The molecule has 0 amide bonds. The molecule has 56 valence electrons. The molecule has 2 heterocycles. The van der Waals surface area contributed by atoms with E-state index in [9.17, 15) is 9.59 Å². The first kappa shape index (κ1) is 5.90. The van der Waals surface area contributed by atoms with Crippen LogP contribution >= 0.6 is 0 Å². The number of fused-ring (bicyclic) bond motifs is 1. The first-order chi connectivity index (χ1) is 5.27. The predicted octanol–water partition coefficient (Wildman–Crippen LogP) is -0.796. The SMILES string of the molecule is O=c1[nH]c2nc[nH]c2c(=O)o1. The molecule has 0 radical (unpaired) electrons. The highest BCUT2D eigenvalue weighted by Crippen LogP contribution is 1.93. The molecule has 2 N–H and O–H groups in total. The Balaban J connectivity index is 3.15. The van der Waals surface area contributed by atoms with Crippen LogP contribution in [-0.2, 0) is 0 Å². The summed E-state index contributed by atoms with van der Waals surface area (Å²) >= 11 is 0. The average Bonchev–Trinajstić information content (AvgIpc) is 2.34. The Kier molecular flexibility index (Phi) is 0.974. The molecule has 0 atom stereocenters. The number of nitrogens with one attached hydrogen (secondary N) is 2. The van der Waals surface area contributed by atoms with Gasteiger partial charge < -0.3 is 9.40 Å². The molecule has 0 unspecified atom stereocenters. The lowest BCUT2D eigenvalue weighted by Crippen LogP contribution is -2.14. The number of nitrogens with zero attached hydrogens (tertiary/aromatic N) is 1. The summed E-state index contributed by atoms with van der Waals surface area (Å²) in [6.45, 7) is 0. The lowest BCUT2D eigenvalue weighted by molar-refractivity contribution is 0.458. The van der Waals surface area contributed by atoms with Gasteiger partial charge in [0.25, 0.3) is 0 Å². The standard InChI is InChI=1S/C5H3N3O3/c9-4-2-3(7-1-6-2)8-5(10)11-4/h1H,(H,6,7)(H,8,10). The summed E-state index contributed by atoms with van der Waals surface area (Å²) in [5.41, 5.74) is -0.322. The fraction of sp³-hybridized carbons (Fsp3) is 0. The summed E-state index contributed by atoms with van der Waals surface area (Å²) in [5, 5.41) is 0. The van der Waals surface area contributed by atoms with E-state index in [-0.39, 0.29) is 11.2 Å². The number of aromatic amines is 2. The van der Waals surface area contributed by atoms with Gasteiger partial charge in [-0.15, -0.1) is 0 Å². The molecular formula is C5H3N3O3. The molecule has 6 heteroatoms. The van der Waals surface area contributed by atoms with Gasteiger partial charge in [-0.25, -0.2) is 14.6 Å². The van der Waals surface area contributed by atoms with Crippen molar-refractivity contribution in [3.05, 3.63) is 27.3 Å². The minimum Gasteiger partial charge on any atom is -0.371 e. The largest absolute Gasteiger partial charge is 0.420 e. The van der Waals surface area contributed by atoms with E-state index in [1.807, 2.05) is 0 Å². The molecule has 0 saturated carbocycles. The lowest BCUT2D eigenvalue weighted by atomic mass is 10.6. The Hall–Kier alpha value is -1.85. The first-order valence-corrected chi connectivity index (χ1v) is 2.84. The van der Waals surface area contributed by atoms with Crippen LogP contribution in [-0.4, -0.2) is 15.0 Å². The van der Waals surface area contributed by atoms with Crippen LogP contribution in [0, 0.1) is 0 Å². The van der Waals surface area contributed by atoms with Crippen LogP contribution in [0.4, 0.5) is 0 Å². The van der Waals surface area contributed by atoms with Crippen LogP contribution < -0.4 is 11.4 Å². The third kappa shape index (κ3) is 0.759. The minimum atomic E-state index is -0.797. The fourth-order valence-electron chi connectivity index (χ4n) is 0.802. The molecule has 0 aliphatic heterocycles. The van der Waals surface area contributed by atoms with Crippen LogP contribution in [0.3, 0.4) is 0 Å². The highest BCUT2D eigenvalue weighted by molar-refractivity contribution is 5.66. The van der Waals surface area contributed by atoms with E-state index < -0.39 is 11.4 Å². The van der Waals surface area contributed by atoms with Gasteiger partial charge in [-0.2, -0.15) is 0 Å². The molecule has 0 spiro atoms. The van der Waals surface area contributed by atoms with Crippen molar-refractivity contribution in [3.63, 3.8) is 0 Å². The second-order valence-corrected chi connectivity index (χ2v) is 1.93. The first-order valence-electron chi connectivity index (χ1n) is 2.84. The van der Waals surface area contributed by atoms with E-state index in [0.29, 0.717) is 0 Å². The molecule has 0 fully saturated rings. The fourth-order valence-corrected chi connectivity index (χ4v) is 0.802. The molecule has 0 saturated heterocycles. The second-order valence-electron chi connectivity index (χ2n) is 1.93. The van der Waals surface area contributed by atoms with Crippen LogP contribution in [0.25, 0.3) is 11.2 Å². The molecule has 0 aliphatic rings. The van der Waals surface area contributed by atoms with Crippen LogP contribution in [0.15, 0.2) is 20.3 Å². The van der Waals surface area contributed by atoms with Crippen molar-refractivity contribution in [1.82, 2.24) is 15.0 Å². The van der Waals surface area contributed by atoms with Crippen molar-refractivity contribution in [2.45, 2.75) is 0 Å². The van der Waals surface area contributed by atoms with Gasteiger partial charge in [-0.1, -0.05) is 0 Å². The zero-order chi connectivity index (χ0) is 7.84. The molecular weight excluding hydrogens is 150 g/mol. The van der Waals surface area contributed by atoms with Crippen LogP contribution in [0.2, 0.25) is 0 Å². The number of hydrogen-bond acceptors (Lipinski definition) is 4. The van der Waals surface area contributed by atoms with E-state index in [4.69, 9.17) is 0 Å². The van der Waals surface area contributed by atoms with Gasteiger partial charge in [0.2, 0.25) is 0 Å². The van der Waals surface area contributed by atoms with E-state index >= 15 is 0 Å². The Morgan fingerprint density at radius 1 is 1.45 bits per heavy atom. The number of H-pyrrole nitrogens is 2. The van der Waals surface area contributed by atoms with Gasteiger partial charge >= 0.3 is 11.4 Å². The maximum absolute atomic E-state index is 10.8. The normalized spacial score (nSPS) is 10.5. The maximum Gasteiger partial charge on any atom is 0.420 e. The second kappa shape index (κ2) is 1.82. The van der Waals surface area contributed by atoms with Gasteiger partial charge in [0.1, 0.15) is 0 Å². The maximum atomic E-state index is 10.8. The van der Waals surface area contributed by atoms with Gasteiger partial charge in [-0.3, -0.25) is 4.98 Å². The monoisotopic (exact) mass is 153 g/mol. The van der Waals surface area contributed by atoms with E-state index in [1.54, 1.807) is 0 Å². The summed E-state index contributed by atoms with van der Waals surface area (Å²) < 4.78 is 4.21. The number of imidazole rings is 1. The smallest absolute Gasteiger partial charge is 0.371 e. The quantitative estimate of drug-likeness (QED) is 0.518. The van der Waals surface area contributed by atoms with Gasteiger partial charge in [0.05, 0.1) is 6.33 Å². The summed E-state index contributed by atoms with van der Waals surface area (Å²) in [5.74, 6) is -0.797. The number of hydrogen-bond donors (Lipinski definition) is 2. The topological polar surface area (TPSA) is 91.8 Å². The molecule has 0 aliphatic carbocycles. The van der Waals surface area contributed by atoms with E-state index in [0.717, 1.165) is 0 Å². The van der Waals surface area contributed by atoms with Crippen molar-refractivity contribution in [1.29, 1.82) is 0 Å². The van der Waals surface area contributed by atoms with Crippen LogP contribution in [0.5, 0.6) is 0 Å². The summed E-state index contributed by atoms with van der Waals surface area (Å²) in [6.07, 6.45) is 1.30. The Morgan fingerprint density at radius 3 is 3.09 bits per heavy atom. The molecule has 0 bridgehead atoms.